The van der Waals surface area contributed by atoms with E-state index in [2.05, 4.69) is 98.9 Å². The first kappa shape index (κ1) is 31.3. The number of aryl methyl sites for hydroxylation is 2. The second-order valence-electron chi connectivity index (χ2n) is 12.4. The third kappa shape index (κ3) is 5.74. The zero-order valence-electron chi connectivity index (χ0n) is 26.7. The first-order valence-electron chi connectivity index (χ1n) is 15.0. The molecule has 3 heterocycles. The molecule has 7 heteroatoms. The van der Waals surface area contributed by atoms with Crippen molar-refractivity contribution in [3.63, 3.8) is 0 Å². The molecule has 7 rings (SSSR count). The second kappa shape index (κ2) is 12.3. The summed E-state index contributed by atoms with van der Waals surface area (Å²) in [6.07, 6.45) is 5.79. The molecule has 0 aliphatic carbocycles. The Bertz CT molecular complexity index is 2180. The van der Waals surface area contributed by atoms with Gasteiger partial charge in [0.05, 0.1) is 13.3 Å². The number of rotatable bonds is 6. The van der Waals surface area contributed by atoms with Crippen molar-refractivity contribution < 1.29 is 30.5 Å². The van der Waals surface area contributed by atoms with Gasteiger partial charge in [-0.15, -0.1) is 35.7 Å². The summed E-state index contributed by atoms with van der Waals surface area (Å²) in [5, 5.41) is 6.88. The summed E-state index contributed by atoms with van der Waals surface area (Å²) in [5.74, 6) is 2.88. The van der Waals surface area contributed by atoms with Crippen LogP contribution in [0.5, 0.6) is 17.2 Å². The predicted molar refractivity (Wildman–Crippen MR) is 180 cm³/mol. The van der Waals surface area contributed by atoms with Gasteiger partial charge in [0.15, 0.2) is 0 Å². The molecule has 4 aromatic carbocycles. The van der Waals surface area contributed by atoms with E-state index < -0.39 is 0 Å². The quantitative estimate of drug-likeness (QED) is 0.158. The van der Waals surface area contributed by atoms with Crippen LogP contribution in [0.2, 0.25) is 0 Å². The molecule has 0 bridgehead atoms. The maximum atomic E-state index is 6.37. The van der Waals surface area contributed by atoms with E-state index >= 15 is 0 Å². The van der Waals surface area contributed by atoms with Crippen LogP contribution in [0, 0.1) is 26.0 Å². The van der Waals surface area contributed by atoms with Crippen molar-refractivity contribution in [1.82, 2.24) is 19.3 Å². The number of nitrogens with zero attached hydrogens (tertiary/aromatic N) is 4. The van der Waals surface area contributed by atoms with Crippen LogP contribution in [-0.2, 0) is 26.5 Å². The Balaban J connectivity index is 0.00000372. The van der Waals surface area contributed by atoms with Crippen LogP contribution in [0.15, 0.2) is 97.5 Å². The Hall–Kier alpha value is -4.67. The predicted octanol–water partition coefficient (Wildman–Crippen LogP) is 9.34. The molecule has 0 aliphatic rings. The minimum absolute atomic E-state index is 0. The maximum Gasteiger partial charge on any atom is 2.00 e. The molecule has 0 atom stereocenters. The molecule has 0 saturated heterocycles. The summed E-state index contributed by atoms with van der Waals surface area (Å²) >= 11 is 0. The monoisotopic (exact) mass is 785 g/mol. The van der Waals surface area contributed by atoms with Crippen molar-refractivity contribution in [1.29, 1.82) is 0 Å². The van der Waals surface area contributed by atoms with Crippen LogP contribution in [0.1, 0.15) is 37.5 Å². The molecular formula is C39H34N4O2Pt. The fraction of sp³-hybridized carbons (Fsp3) is 0.179. The van der Waals surface area contributed by atoms with Crippen molar-refractivity contribution >= 4 is 21.8 Å². The second-order valence-corrected chi connectivity index (χ2v) is 12.4. The summed E-state index contributed by atoms with van der Waals surface area (Å²) in [6, 6.07) is 33.5. The molecule has 0 fully saturated rings. The van der Waals surface area contributed by atoms with E-state index in [1.807, 2.05) is 59.7 Å². The van der Waals surface area contributed by atoms with Crippen LogP contribution in [0.25, 0.3) is 44.4 Å². The molecule has 0 saturated carbocycles. The number of pyridine rings is 1. The van der Waals surface area contributed by atoms with E-state index in [0.717, 1.165) is 61.3 Å². The van der Waals surface area contributed by atoms with E-state index in [9.17, 15) is 0 Å². The third-order valence-corrected chi connectivity index (χ3v) is 8.23. The molecule has 0 aliphatic heterocycles. The normalized spacial score (nSPS) is 11.5. The van der Waals surface area contributed by atoms with Crippen molar-refractivity contribution in [2.24, 2.45) is 0 Å². The fourth-order valence-corrected chi connectivity index (χ4v) is 6.01. The minimum atomic E-state index is -0.00305. The number of aromatic nitrogens is 4. The SMILES string of the molecule is COc1cc(C)c(-c2cnn(-c3[c-]c(Oc4[c-]c5c(cc4)c4ccccc4n5-c4cc(C(C)(C)C)ccn4)ccc3)c2)c(C)c1.[Pt+2]. The van der Waals surface area contributed by atoms with Gasteiger partial charge in [-0.05, 0) is 82.9 Å². The maximum absolute atomic E-state index is 6.37. The zero-order chi connectivity index (χ0) is 31.3. The van der Waals surface area contributed by atoms with Gasteiger partial charge in [0.25, 0.3) is 0 Å². The number of methoxy groups -OCH3 is 1. The minimum Gasteiger partial charge on any atom is -0.509 e. The van der Waals surface area contributed by atoms with Crippen LogP contribution < -0.4 is 9.47 Å². The molecular weight excluding hydrogens is 752 g/mol. The van der Waals surface area contributed by atoms with Crippen LogP contribution in [0.3, 0.4) is 0 Å². The molecule has 0 unspecified atom stereocenters. The van der Waals surface area contributed by atoms with Gasteiger partial charge in [-0.3, -0.25) is 4.68 Å². The standard InChI is InChI=1S/C39H34N4O2.Pt/c1-25-18-32(44-6)19-26(2)38(25)27-23-41-42(24-27)29-10-9-11-30(21-29)45-31-14-15-34-33-12-7-8-13-35(33)43(36(34)22-31)37-20-28(16-17-40-37)39(3,4)5;/h7-20,23-24H,1-6H3;/q-2;+2. The Morgan fingerprint density at radius 1 is 0.804 bits per heavy atom. The van der Waals surface area contributed by atoms with Crippen LogP contribution >= 0.6 is 0 Å². The van der Waals surface area contributed by atoms with Gasteiger partial charge >= 0.3 is 21.1 Å². The van der Waals surface area contributed by atoms with Gasteiger partial charge in [-0.2, -0.15) is 17.2 Å². The van der Waals surface area contributed by atoms with Gasteiger partial charge in [0.2, 0.25) is 0 Å². The first-order valence-corrected chi connectivity index (χ1v) is 15.0. The van der Waals surface area contributed by atoms with E-state index in [1.54, 1.807) is 7.11 Å². The van der Waals surface area contributed by atoms with E-state index in [0.29, 0.717) is 11.5 Å². The Kier molecular flexibility index (Phi) is 8.35. The number of hydrogen-bond donors (Lipinski definition) is 0. The van der Waals surface area contributed by atoms with Crippen LogP contribution in [-0.4, -0.2) is 26.4 Å². The molecule has 0 amide bonds. The summed E-state index contributed by atoms with van der Waals surface area (Å²) in [6.45, 7) is 10.8. The molecule has 3 aromatic heterocycles. The average Bonchev–Trinajstić information content (AvgIpc) is 3.63. The Morgan fingerprint density at radius 2 is 1.57 bits per heavy atom. The molecule has 232 valence electrons. The molecule has 7 aromatic rings. The number of para-hydroxylation sites is 1. The molecule has 0 spiro atoms. The summed E-state index contributed by atoms with van der Waals surface area (Å²) < 4.78 is 15.8. The van der Waals surface area contributed by atoms with Crippen molar-refractivity contribution in [3.8, 4) is 39.9 Å². The number of fused-ring (bicyclic) bond motifs is 3. The average molecular weight is 786 g/mol. The zero-order valence-corrected chi connectivity index (χ0v) is 28.9. The molecule has 6 nitrogen and oxygen atoms in total. The van der Waals surface area contributed by atoms with Crippen molar-refractivity contribution in [2.75, 3.05) is 7.11 Å². The van der Waals surface area contributed by atoms with E-state index in [1.165, 1.54) is 5.56 Å². The topological polar surface area (TPSA) is 54.1 Å². The fourth-order valence-electron chi connectivity index (χ4n) is 6.01. The van der Waals surface area contributed by atoms with Gasteiger partial charge in [0, 0.05) is 35.0 Å². The molecule has 46 heavy (non-hydrogen) atoms. The van der Waals surface area contributed by atoms with Gasteiger partial charge in [-0.25, -0.2) is 4.98 Å². The number of hydrogen-bond acceptors (Lipinski definition) is 4. The van der Waals surface area contributed by atoms with E-state index in [-0.39, 0.29) is 26.5 Å². The van der Waals surface area contributed by atoms with Crippen molar-refractivity contribution in [2.45, 2.75) is 40.0 Å². The first-order chi connectivity index (χ1) is 21.7. The van der Waals surface area contributed by atoms with Gasteiger partial charge < -0.3 is 14.0 Å². The van der Waals surface area contributed by atoms with Gasteiger partial charge in [-0.1, -0.05) is 44.5 Å². The number of ether oxygens (including phenoxy) is 2. The third-order valence-electron chi connectivity index (χ3n) is 8.23. The molecule has 0 N–H and O–H groups in total. The summed E-state index contributed by atoms with van der Waals surface area (Å²) in [5.41, 5.74) is 8.43. The molecule has 0 radical (unpaired) electrons. The summed E-state index contributed by atoms with van der Waals surface area (Å²) in [4.78, 5) is 4.78. The Morgan fingerprint density at radius 3 is 2.33 bits per heavy atom. The number of benzene rings is 4. The van der Waals surface area contributed by atoms with E-state index in [4.69, 9.17) is 14.5 Å². The van der Waals surface area contributed by atoms with Crippen molar-refractivity contribution in [3.05, 3.63) is 126 Å². The largest absolute Gasteiger partial charge is 2.00 e. The summed E-state index contributed by atoms with van der Waals surface area (Å²) in [7, 11) is 1.69. The van der Waals surface area contributed by atoms with Gasteiger partial charge in [0.1, 0.15) is 11.6 Å². The van der Waals surface area contributed by atoms with Crippen LogP contribution in [0.4, 0.5) is 0 Å². The smallest absolute Gasteiger partial charge is 0.509 e. The Labute approximate surface area is 283 Å².